The van der Waals surface area contributed by atoms with E-state index in [0.29, 0.717) is 5.70 Å². The van der Waals surface area contributed by atoms with Crippen molar-refractivity contribution in [2.75, 3.05) is 20.1 Å². The highest BCUT2D eigenvalue weighted by molar-refractivity contribution is 6.02. The van der Waals surface area contributed by atoms with Gasteiger partial charge in [0.1, 0.15) is 11.5 Å². The Kier molecular flexibility index (Phi) is 3.74. The molecule has 114 valence electrons. The summed E-state index contributed by atoms with van der Waals surface area (Å²) >= 11 is 0. The van der Waals surface area contributed by atoms with Crippen LogP contribution >= 0.6 is 0 Å². The lowest BCUT2D eigenvalue weighted by molar-refractivity contribution is -0.134. The van der Waals surface area contributed by atoms with E-state index in [9.17, 15) is 9.59 Å². The molecule has 5 nitrogen and oxygen atoms in total. The van der Waals surface area contributed by atoms with Crippen molar-refractivity contribution in [3.8, 4) is 0 Å². The number of likely N-dealkylation sites (N-methyl/N-ethyl adjacent to an activating group) is 1. The van der Waals surface area contributed by atoms with Gasteiger partial charge in [0.25, 0.3) is 11.8 Å². The summed E-state index contributed by atoms with van der Waals surface area (Å²) in [6.45, 7) is 3.67. The van der Waals surface area contributed by atoms with Crippen LogP contribution in [0.15, 0.2) is 23.7 Å². The van der Waals surface area contributed by atoms with Gasteiger partial charge in [0, 0.05) is 32.3 Å². The van der Waals surface area contributed by atoms with Crippen LogP contribution in [0.1, 0.15) is 39.0 Å². The number of rotatable bonds is 1. The second kappa shape index (κ2) is 5.54. The molecule has 3 rings (SSSR count). The van der Waals surface area contributed by atoms with Crippen molar-refractivity contribution in [1.29, 1.82) is 0 Å². The number of piperidine rings is 1. The molecule has 3 aliphatic heterocycles. The molecule has 0 aromatic heterocycles. The minimum Gasteiger partial charge on any atom is -0.337 e. The van der Waals surface area contributed by atoms with Crippen molar-refractivity contribution in [2.45, 2.75) is 45.1 Å². The highest BCUT2D eigenvalue weighted by atomic mass is 16.2. The van der Waals surface area contributed by atoms with E-state index in [4.69, 9.17) is 0 Å². The lowest BCUT2D eigenvalue weighted by atomic mass is 10.0. The van der Waals surface area contributed by atoms with Crippen LogP contribution in [-0.4, -0.2) is 52.7 Å². The predicted octanol–water partition coefficient (Wildman–Crippen LogP) is 1.68. The average molecular weight is 289 g/mol. The predicted molar refractivity (Wildman–Crippen MR) is 79.9 cm³/mol. The molecular formula is C16H23N3O2. The summed E-state index contributed by atoms with van der Waals surface area (Å²) in [5, 5.41) is 0. The van der Waals surface area contributed by atoms with Gasteiger partial charge in [0.2, 0.25) is 0 Å². The first-order chi connectivity index (χ1) is 10.1. The van der Waals surface area contributed by atoms with Gasteiger partial charge in [0.05, 0.1) is 0 Å². The van der Waals surface area contributed by atoms with Gasteiger partial charge in [-0.15, -0.1) is 0 Å². The molecule has 1 atom stereocenters. The maximum absolute atomic E-state index is 12.7. The van der Waals surface area contributed by atoms with Crippen molar-refractivity contribution in [3.63, 3.8) is 0 Å². The molecule has 0 radical (unpaired) electrons. The molecule has 0 saturated carbocycles. The minimum absolute atomic E-state index is 0.00988. The molecule has 1 unspecified atom stereocenters. The van der Waals surface area contributed by atoms with Crippen molar-refractivity contribution in [3.05, 3.63) is 23.7 Å². The quantitative estimate of drug-likeness (QED) is 0.738. The summed E-state index contributed by atoms with van der Waals surface area (Å²) in [6.07, 6.45) is 8.81. The molecule has 0 aliphatic carbocycles. The van der Waals surface area contributed by atoms with Crippen LogP contribution in [0.4, 0.5) is 0 Å². The smallest absolute Gasteiger partial charge is 0.270 e. The third-order valence-electron chi connectivity index (χ3n) is 4.66. The van der Waals surface area contributed by atoms with E-state index in [1.54, 1.807) is 4.90 Å². The minimum atomic E-state index is -0.0630. The van der Waals surface area contributed by atoms with Crippen molar-refractivity contribution < 1.29 is 9.59 Å². The standard InChI is InChI=1S/C16H23N3O2/c1-12-7-6-8-14-17(2)13(11-15(20)19(12)14)16(21)18-9-4-3-5-10-18/h8,11-12H,3-7,9-10H2,1-2H3. The molecule has 3 heterocycles. The Morgan fingerprint density at radius 2 is 1.95 bits per heavy atom. The largest absolute Gasteiger partial charge is 0.337 e. The summed E-state index contributed by atoms with van der Waals surface area (Å²) in [4.78, 5) is 30.6. The Morgan fingerprint density at radius 1 is 1.24 bits per heavy atom. The van der Waals surface area contributed by atoms with E-state index in [1.807, 2.05) is 16.8 Å². The molecule has 5 heteroatoms. The molecule has 1 saturated heterocycles. The summed E-state index contributed by atoms with van der Waals surface area (Å²) in [6, 6.07) is 0.197. The Labute approximate surface area is 125 Å². The van der Waals surface area contributed by atoms with Crippen molar-refractivity contribution in [1.82, 2.24) is 14.7 Å². The molecule has 0 aromatic rings. The fourth-order valence-corrected chi connectivity index (χ4v) is 3.41. The van der Waals surface area contributed by atoms with E-state index in [2.05, 4.69) is 13.0 Å². The Bertz CT molecular complexity index is 518. The average Bonchev–Trinajstić information content (AvgIpc) is 2.51. The molecule has 0 aromatic carbocycles. The zero-order chi connectivity index (χ0) is 15.0. The van der Waals surface area contributed by atoms with E-state index < -0.39 is 0 Å². The van der Waals surface area contributed by atoms with Gasteiger partial charge in [-0.3, -0.25) is 14.5 Å². The maximum Gasteiger partial charge on any atom is 0.270 e. The lowest BCUT2D eigenvalue weighted by Crippen LogP contribution is -2.50. The zero-order valence-corrected chi connectivity index (χ0v) is 12.8. The number of nitrogens with zero attached hydrogens (tertiary/aromatic N) is 3. The summed E-state index contributed by atoms with van der Waals surface area (Å²) in [5.41, 5.74) is 0.513. The lowest BCUT2D eigenvalue weighted by Gasteiger charge is -2.43. The molecular weight excluding hydrogens is 266 g/mol. The van der Waals surface area contributed by atoms with Gasteiger partial charge < -0.3 is 9.80 Å². The number of hydrogen-bond acceptors (Lipinski definition) is 3. The first-order valence-corrected chi connectivity index (χ1v) is 7.87. The summed E-state index contributed by atoms with van der Waals surface area (Å²) in [7, 11) is 1.89. The van der Waals surface area contributed by atoms with Gasteiger partial charge in [-0.05, 0) is 45.1 Å². The van der Waals surface area contributed by atoms with Gasteiger partial charge in [0.15, 0.2) is 0 Å². The number of carbonyl (C=O) groups is 2. The van der Waals surface area contributed by atoms with Crippen LogP contribution in [-0.2, 0) is 9.59 Å². The highest BCUT2D eigenvalue weighted by Crippen LogP contribution is 2.30. The van der Waals surface area contributed by atoms with E-state index in [1.165, 1.54) is 12.5 Å². The van der Waals surface area contributed by atoms with Gasteiger partial charge >= 0.3 is 0 Å². The monoisotopic (exact) mass is 289 g/mol. The Hall–Kier alpha value is -1.78. The maximum atomic E-state index is 12.7. The molecule has 21 heavy (non-hydrogen) atoms. The van der Waals surface area contributed by atoms with Gasteiger partial charge in [-0.25, -0.2) is 0 Å². The van der Waals surface area contributed by atoms with Crippen LogP contribution in [0.3, 0.4) is 0 Å². The number of carbonyl (C=O) groups excluding carboxylic acids is 2. The van der Waals surface area contributed by atoms with Crippen LogP contribution < -0.4 is 0 Å². The normalized spacial score (nSPS) is 26.3. The van der Waals surface area contributed by atoms with Crippen LogP contribution in [0.25, 0.3) is 0 Å². The fraction of sp³-hybridized carbons (Fsp3) is 0.625. The van der Waals surface area contributed by atoms with Crippen molar-refractivity contribution in [2.24, 2.45) is 0 Å². The number of fused-ring (bicyclic) bond motifs is 1. The fourth-order valence-electron chi connectivity index (χ4n) is 3.41. The van der Waals surface area contributed by atoms with Gasteiger partial charge in [-0.2, -0.15) is 0 Å². The number of likely N-dealkylation sites (tertiary alicyclic amines) is 1. The molecule has 0 spiro atoms. The summed E-state index contributed by atoms with van der Waals surface area (Å²) < 4.78 is 0. The molecule has 0 bridgehead atoms. The number of hydrogen-bond donors (Lipinski definition) is 0. The van der Waals surface area contributed by atoms with E-state index in [-0.39, 0.29) is 17.9 Å². The zero-order valence-electron chi connectivity index (χ0n) is 12.8. The Balaban J connectivity index is 1.87. The third kappa shape index (κ3) is 2.45. The SMILES string of the molecule is CC1CCC=C2N(C)C(C(=O)N3CCCCC3)=CC(=O)N21. The molecule has 2 amide bonds. The van der Waals surface area contributed by atoms with Crippen LogP contribution in [0.5, 0.6) is 0 Å². The molecule has 3 aliphatic rings. The second-order valence-electron chi connectivity index (χ2n) is 6.14. The Morgan fingerprint density at radius 3 is 2.67 bits per heavy atom. The van der Waals surface area contributed by atoms with Crippen molar-refractivity contribution >= 4 is 11.8 Å². The van der Waals surface area contributed by atoms with E-state index >= 15 is 0 Å². The topological polar surface area (TPSA) is 43.9 Å². The first-order valence-electron chi connectivity index (χ1n) is 7.87. The highest BCUT2D eigenvalue weighted by Gasteiger charge is 2.36. The first kappa shape index (κ1) is 14.2. The number of amides is 2. The summed E-state index contributed by atoms with van der Waals surface area (Å²) in [5.74, 6) is 0.790. The second-order valence-corrected chi connectivity index (χ2v) is 6.14. The third-order valence-corrected chi connectivity index (χ3v) is 4.66. The van der Waals surface area contributed by atoms with Crippen LogP contribution in [0, 0.1) is 0 Å². The van der Waals surface area contributed by atoms with E-state index in [0.717, 1.165) is 44.6 Å². The van der Waals surface area contributed by atoms with Gasteiger partial charge in [-0.1, -0.05) is 0 Å². The van der Waals surface area contributed by atoms with Crippen LogP contribution in [0.2, 0.25) is 0 Å². The number of allylic oxidation sites excluding steroid dienone is 1. The molecule has 0 N–H and O–H groups in total. The molecule has 1 fully saturated rings.